The molecule has 1 aromatic carbocycles. The summed E-state index contributed by atoms with van der Waals surface area (Å²) in [5.41, 5.74) is 0.659. The molecular formula is C14H17N3O2S. The first-order valence-corrected chi connectivity index (χ1v) is 7.24. The van der Waals surface area contributed by atoms with Crippen LogP contribution < -0.4 is 10.1 Å². The number of benzene rings is 1. The number of amides is 1. The lowest BCUT2D eigenvalue weighted by Gasteiger charge is -2.21. The van der Waals surface area contributed by atoms with E-state index in [1.165, 1.54) is 11.8 Å². The van der Waals surface area contributed by atoms with Crippen LogP contribution in [0.25, 0.3) is 0 Å². The van der Waals surface area contributed by atoms with Gasteiger partial charge < -0.3 is 10.1 Å². The van der Waals surface area contributed by atoms with Crippen LogP contribution in [-0.4, -0.2) is 28.6 Å². The molecular weight excluding hydrogens is 274 g/mol. The third-order valence-electron chi connectivity index (χ3n) is 2.22. The van der Waals surface area contributed by atoms with Gasteiger partial charge in [0.2, 0.25) is 5.91 Å². The van der Waals surface area contributed by atoms with Crippen molar-refractivity contribution in [3.8, 4) is 5.75 Å². The van der Waals surface area contributed by atoms with Crippen LogP contribution in [0.3, 0.4) is 0 Å². The fraction of sp³-hybridized carbons (Fsp3) is 0.357. The third kappa shape index (κ3) is 4.70. The van der Waals surface area contributed by atoms with Gasteiger partial charge in [0, 0.05) is 0 Å². The van der Waals surface area contributed by atoms with Crippen LogP contribution >= 0.6 is 11.8 Å². The molecule has 0 atom stereocenters. The Morgan fingerprint density at radius 1 is 1.40 bits per heavy atom. The quantitative estimate of drug-likeness (QED) is 0.687. The number of rotatable bonds is 3. The number of thioether (sulfide) groups is 1. The molecule has 0 saturated carbocycles. The Balaban J connectivity index is 2.02. The summed E-state index contributed by atoms with van der Waals surface area (Å²) >= 11 is 1.35. The van der Waals surface area contributed by atoms with Crippen molar-refractivity contribution in [1.29, 1.82) is 0 Å². The third-order valence-corrected chi connectivity index (χ3v) is 3.09. The van der Waals surface area contributed by atoms with Gasteiger partial charge in [-0.3, -0.25) is 4.79 Å². The fourth-order valence-corrected chi connectivity index (χ4v) is 2.17. The molecule has 0 aromatic heterocycles. The molecule has 0 spiro atoms. The van der Waals surface area contributed by atoms with Gasteiger partial charge in [0.05, 0.1) is 12.0 Å². The van der Waals surface area contributed by atoms with E-state index in [4.69, 9.17) is 4.74 Å². The number of hydrogen-bond acceptors (Lipinski definition) is 5. The van der Waals surface area contributed by atoms with Crippen LogP contribution in [0.15, 0.2) is 34.5 Å². The summed E-state index contributed by atoms with van der Waals surface area (Å²) in [5.74, 6) is 1.16. The van der Waals surface area contributed by atoms with Crippen LogP contribution in [0.2, 0.25) is 0 Å². The number of nitrogens with zero attached hydrogens (tertiary/aromatic N) is 2. The summed E-state index contributed by atoms with van der Waals surface area (Å²) in [6.07, 6.45) is 1.63. The molecule has 6 heteroatoms. The van der Waals surface area contributed by atoms with Gasteiger partial charge in [-0.25, -0.2) is 0 Å². The van der Waals surface area contributed by atoms with E-state index in [2.05, 4.69) is 15.5 Å². The minimum absolute atomic E-state index is 0.0375. The van der Waals surface area contributed by atoms with Crippen molar-refractivity contribution >= 4 is 29.1 Å². The zero-order valence-corrected chi connectivity index (χ0v) is 12.5. The van der Waals surface area contributed by atoms with Gasteiger partial charge in [-0.1, -0.05) is 23.9 Å². The Hall–Kier alpha value is -1.82. The van der Waals surface area contributed by atoms with Crippen LogP contribution in [0, 0.1) is 0 Å². The summed E-state index contributed by atoms with van der Waals surface area (Å²) < 4.78 is 5.78. The smallest absolute Gasteiger partial charge is 0.236 e. The molecule has 106 valence electrons. The highest BCUT2D eigenvalue weighted by Gasteiger charge is 2.16. The van der Waals surface area contributed by atoms with Gasteiger partial charge in [0.25, 0.3) is 0 Å². The van der Waals surface area contributed by atoms with Crippen LogP contribution in [0.4, 0.5) is 0 Å². The highest BCUT2D eigenvalue weighted by Crippen LogP contribution is 2.18. The van der Waals surface area contributed by atoms with Gasteiger partial charge in [-0.15, -0.1) is 5.10 Å². The minimum atomic E-state index is -0.235. The van der Waals surface area contributed by atoms with Gasteiger partial charge in [0.15, 0.2) is 5.17 Å². The second-order valence-corrected chi connectivity index (χ2v) is 6.24. The summed E-state index contributed by atoms with van der Waals surface area (Å²) in [6.45, 7) is 6.00. The first-order chi connectivity index (χ1) is 9.42. The molecule has 1 aliphatic rings. The van der Waals surface area contributed by atoms with E-state index in [1.807, 2.05) is 45.0 Å². The van der Waals surface area contributed by atoms with Crippen molar-refractivity contribution in [3.63, 3.8) is 0 Å². The van der Waals surface area contributed by atoms with Gasteiger partial charge in [0.1, 0.15) is 11.4 Å². The molecule has 0 unspecified atom stereocenters. The second-order valence-electron chi connectivity index (χ2n) is 5.27. The number of hydrogen-bond donors (Lipinski definition) is 1. The zero-order valence-electron chi connectivity index (χ0n) is 11.7. The lowest BCUT2D eigenvalue weighted by molar-refractivity contribution is -0.116. The van der Waals surface area contributed by atoms with Crippen LogP contribution in [-0.2, 0) is 4.79 Å². The summed E-state index contributed by atoms with van der Waals surface area (Å²) in [5, 5.41) is 11.1. The average Bonchev–Trinajstić information content (AvgIpc) is 2.73. The topological polar surface area (TPSA) is 63.1 Å². The summed E-state index contributed by atoms with van der Waals surface area (Å²) in [7, 11) is 0. The fourth-order valence-electron chi connectivity index (χ4n) is 1.54. The molecule has 20 heavy (non-hydrogen) atoms. The monoisotopic (exact) mass is 291 g/mol. The minimum Gasteiger partial charge on any atom is -0.488 e. The van der Waals surface area contributed by atoms with Crippen molar-refractivity contribution in [2.24, 2.45) is 10.2 Å². The highest BCUT2D eigenvalue weighted by molar-refractivity contribution is 8.15. The largest absolute Gasteiger partial charge is 0.488 e. The van der Waals surface area contributed by atoms with Crippen LogP contribution in [0.5, 0.6) is 5.75 Å². The first-order valence-electron chi connectivity index (χ1n) is 6.25. The molecule has 0 aliphatic carbocycles. The Bertz CT molecular complexity index is 562. The Labute approximate surface area is 122 Å². The van der Waals surface area contributed by atoms with E-state index in [9.17, 15) is 4.79 Å². The number of carbonyl (C=O) groups excluding carboxylic acids is 1. The summed E-state index contributed by atoms with van der Waals surface area (Å²) in [4.78, 5) is 11.0. The maximum Gasteiger partial charge on any atom is 0.236 e. The average molecular weight is 291 g/mol. The lowest BCUT2D eigenvalue weighted by Crippen LogP contribution is -2.22. The van der Waals surface area contributed by atoms with Crippen molar-refractivity contribution in [2.75, 3.05) is 5.75 Å². The van der Waals surface area contributed by atoms with Crippen molar-refractivity contribution in [3.05, 3.63) is 29.8 Å². The van der Waals surface area contributed by atoms with E-state index in [0.717, 1.165) is 11.3 Å². The lowest BCUT2D eigenvalue weighted by atomic mass is 10.2. The molecule has 1 fully saturated rings. The normalized spacial score (nSPS) is 17.8. The standard InChI is InChI=1S/C14H17N3O2S/c1-14(2,3)19-11-6-4-5-10(7-11)8-15-17-13-16-12(18)9-20-13/h4-8H,9H2,1-3H3,(H,16,17,18). The molecule has 0 bridgehead atoms. The molecule has 1 aromatic rings. The van der Waals surface area contributed by atoms with E-state index in [1.54, 1.807) is 6.21 Å². The Morgan fingerprint density at radius 3 is 2.85 bits per heavy atom. The maximum atomic E-state index is 11.0. The number of ether oxygens (including phenoxy) is 1. The predicted molar refractivity (Wildman–Crippen MR) is 82.5 cm³/mol. The first kappa shape index (κ1) is 14.6. The summed E-state index contributed by atoms with van der Waals surface area (Å²) in [6, 6.07) is 7.62. The Morgan fingerprint density at radius 2 is 2.20 bits per heavy atom. The predicted octanol–water partition coefficient (Wildman–Crippen LogP) is 2.42. The van der Waals surface area contributed by atoms with Crippen molar-refractivity contribution in [1.82, 2.24) is 5.32 Å². The van der Waals surface area contributed by atoms with Crippen LogP contribution in [0.1, 0.15) is 26.3 Å². The van der Waals surface area contributed by atoms with E-state index in [0.29, 0.717) is 10.9 Å². The maximum absolute atomic E-state index is 11.0. The molecule has 1 heterocycles. The van der Waals surface area contributed by atoms with Gasteiger partial charge in [-0.05, 0) is 38.5 Å². The molecule has 1 aliphatic heterocycles. The number of amidine groups is 1. The molecule has 1 amide bonds. The van der Waals surface area contributed by atoms with Crippen molar-refractivity contribution < 1.29 is 9.53 Å². The molecule has 0 radical (unpaired) electrons. The number of nitrogens with one attached hydrogen (secondary N) is 1. The van der Waals surface area contributed by atoms with E-state index >= 15 is 0 Å². The van der Waals surface area contributed by atoms with Gasteiger partial charge in [-0.2, -0.15) is 5.10 Å². The SMILES string of the molecule is CC(C)(C)Oc1cccc(C=NN=C2NC(=O)CS2)c1. The number of carbonyl (C=O) groups is 1. The molecule has 5 nitrogen and oxygen atoms in total. The highest BCUT2D eigenvalue weighted by atomic mass is 32.2. The van der Waals surface area contributed by atoms with E-state index in [-0.39, 0.29) is 11.5 Å². The van der Waals surface area contributed by atoms with Crippen molar-refractivity contribution in [2.45, 2.75) is 26.4 Å². The molecule has 1 N–H and O–H groups in total. The molecule has 2 rings (SSSR count). The second kappa shape index (κ2) is 6.09. The van der Waals surface area contributed by atoms with Gasteiger partial charge >= 0.3 is 0 Å². The zero-order chi connectivity index (χ0) is 14.6. The Kier molecular flexibility index (Phi) is 4.44. The molecule has 1 saturated heterocycles. The van der Waals surface area contributed by atoms with E-state index < -0.39 is 0 Å².